The number of carbonyl (C=O) groups is 1. The van der Waals surface area contributed by atoms with E-state index >= 15 is 0 Å². The van der Waals surface area contributed by atoms with E-state index in [-0.39, 0.29) is 18.0 Å². The summed E-state index contributed by atoms with van der Waals surface area (Å²) in [6.07, 6.45) is 5.72. The van der Waals surface area contributed by atoms with Gasteiger partial charge in [-0.3, -0.25) is 4.79 Å². The molecule has 1 saturated carbocycles. The summed E-state index contributed by atoms with van der Waals surface area (Å²) in [5.41, 5.74) is 0.413. The molecule has 0 aromatic heterocycles. The number of esters is 1. The fourth-order valence-electron chi connectivity index (χ4n) is 2.80. The van der Waals surface area contributed by atoms with Crippen LogP contribution < -0.4 is 0 Å². The van der Waals surface area contributed by atoms with E-state index in [1.165, 1.54) is 19.3 Å². The Morgan fingerprint density at radius 2 is 1.71 bits per heavy atom. The zero-order chi connectivity index (χ0) is 13.1. The zero-order valence-corrected chi connectivity index (χ0v) is 12.1. The molecule has 1 aliphatic carbocycles. The fraction of sp³-hybridized carbons (Fsp3) is 0.933. The average Bonchev–Trinajstić information content (AvgIpc) is 2.15. The Hall–Kier alpha value is -0.530. The van der Waals surface area contributed by atoms with Crippen LogP contribution >= 0.6 is 0 Å². The van der Waals surface area contributed by atoms with Gasteiger partial charge in [-0.1, -0.05) is 20.8 Å². The van der Waals surface area contributed by atoms with Gasteiger partial charge in [-0.15, -0.1) is 0 Å². The van der Waals surface area contributed by atoms with Crippen LogP contribution in [-0.2, 0) is 9.53 Å². The van der Waals surface area contributed by atoms with Gasteiger partial charge in [0.15, 0.2) is 0 Å². The van der Waals surface area contributed by atoms with Crippen LogP contribution in [0, 0.1) is 17.3 Å². The molecule has 0 saturated heterocycles. The molecule has 0 aromatic rings. The Morgan fingerprint density at radius 1 is 1.18 bits per heavy atom. The van der Waals surface area contributed by atoms with Crippen LogP contribution in [0.1, 0.15) is 66.7 Å². The lowest BCUT2D eigenvalue weighted by atomic mass is 9.74. The van der Waals surface area contributed by atoms with Crippen LogP contribution in [0.25, 0.3) is 0 Å². The highest BCUT2D eigenvalue weighted by molar-refractivity contribution is 5.72. The van der Waals surface area contributed by atoms with Crippen molar-refractivity contribution in [3.05, 3.63) is 0 Å². The van der Waals surface area contributed by atoms with Crippen molar-refractivity contribution in [1.29, 1.82) is 0 Å². The molecule has 1 rings (SSSR count). The van der Waals surface area contributed by atoms with E-state index in [0.717, 1.165) is 18.8 Å². The van der Waals surface area contributed by atoms with Crippen LogP contribution in [0.5, 0.6) is 0 Å². The monoisotopic (exact) mass is 240 g/mol. The van der Waals surface area contributed by atoms with Crippen molar-refractivity contribution < 1.29 is 9.53 Å². The molecule has 0 radical (unpaired) electrons. The summed E-state index contributed by atoms with van der Waals surface area (Å²) in [5.74, 6) is 0.987. The second kappa shape index (κ2) is 5.88. The van der Waals surface area contributed by atoms with Gasteiger partial charge in [0.05, 0.1) is 12.0 Å². The van der Waals surface area contributed by atoms with Crippen molar-refractivity contribution in [2.45, 2.75) is 72.8 Å². The SMILES string of the molecule is CC(C)OC(=O)C1CCC(CC(C)(C)C)CC1. The summed E-state index contributed by atoms with van der Waals surface area (Å²) in [4.78, 5) is 11.8. The van der Waals surface area contributed by atoms with Gasteiger partial charge in [-0.2, -0.15) is 0 Å². The minimum atomic E-state index is 0.0224. The summed E-state index contributed by atoms with van der Waals surface area (Å²) < 4.78 is 5.29. The third-order valence-corrected chi connectivity index (χ3v) is 3.43. The maximum absolute atomic E-state index is 11.8. The van der Waals surface area contributed by atoms with Crippen molar-refractivity contribution in [2.24, 2.45) is 17.3 Å². The lowest BCUT2D eigenvalue weighted by Crippen LogP contribution is -2.27. The summed E-state index contributed by atoms with van der Waals surface area (Å²) in [7, 11) is 0. The van der Waals surface area contributed by atoms with Crippen LogP contribution in [0.3, 0.4) is 0 Å². The molecule has 0 unspecified atom stereocenters. The first-order chi connectivity index (χ1) is 7.78. The first kappa shape index (κ1) is 14.5. The second-order valence-corrected chi connectivity index (χ2v) is 6.97. The molecule has 17 heavy (non-hydrogen) atoms. The first-order valence-corrected chi connectivity index (χ1v) is 6.98. The predicted molar refractivity (Wildman–Crippen MR) is 70.7 cm³/mol. The van der Waals surface area contributed by atoms with Gasteiger partial charge >= 0.3 is 5.97 Å². The summed E-state index contributed by atoms with van der Waals surface area (Å²) in [5, 5.41) is 0. The molecule has 0 spiro atoms. The van der Waals surface area contributed by atoms with Crippen LogP contribution in [0.15, 0.2) is 0 Å². The molecule has 2 nitrogen and oxygen atoms in total. The van der Waals surface area contributed by atoms with Gasteiger partial charge in [-0.05, 0) is 57.3 Å². The topological polar surface area (TPSA) is 26.3 Å². The van der Waals surface area contributed by atoms with Gasteiger partial charge in [-0.25, -0.2) is 0 Å². The highest BCUT2D eigenvalue weighted by Crippen LogP contribution is 2.36. The van der Waals surface area contributed by atoms with Crippen molar-refractivity contribution >= 4 is 5.97 Å². The number of hydrogen-bond acceptors (Lipinski definition) is 2. The second-order valence-electron chi connectivity index (χ2n) is 6.97. The van der Waals surface area contributed by atoms with Gasteiger partial charge < -0.3 is 4.74 Å². The van der Waals surface area contributed by atoms with Crippen molar-refractivity contribution in [1.82, 2.24) is 0 Å². The molecule has 1 aliphatic rings. The van der Waals surface area contributed by atoms with E-state index in [1.807, 2.05) is 13.8 Å². The molecule has 0 atom stereocenters. The minimum absolute atomic E-state index is 0.0224. The lowest BCUT2D eigenvalue weighted by molar-refractivity contribution is -0.153. The van der Waals surface area contributed by atoms with Gasteiger partial charge in [0, 0.05) is 0 Å². The number of carbonyl (C=O) groups excluding carboxylic acids is 1. The molecule has 0 aliphatic heterocycles. The normalized spacial score (nSPS) is 26.0. The molecule has 100 valence electrons. The van der Waals surface area contributed by atoms with Gasteiger partial charge in [0.1, 0.15) is 0 Å². The highest BCUT2D eigenvalue weighted by Gasteiger charge is 2.29. The smallest absolute Gasteiger partial charge is 0.309 e. The Morgan fingerprint density at radius 3 is 2.12 bits per heavy atom. The van der Waals surface area contributed by atoms with Crippen molar-refractivity contribution in [3.63, 3.8) is 0 Å². The average molecular weight is 240 g/mol. The van der Waals surface area contributed by atoms with Crippen LogP contribution in [-0.4, -0.2) is 12.1 Å². The Bertz CT molecular complexity index is 242. The quantitative estimate of drug-likeness (QED) is 0.692. The lowest BCUT2D eigenvalue weighted by Gasteiger charge is -2.32. The predicted octanol–water partition coefficient (Wildman–Crippen LogP) is 4.18. The number of rotatable bonds is 3. The Balaban J connectivity index is 2.33. The molecule has 0 amide bonds. The molecule has 0 bridgehead atoms. The molecular weight excluding hydrogens is 212 g/mol. The van der Waals surface area contributed by atoms with E-state index in [1.54, 1.807) is 0 Å². The van der Waals surface area contributed by atoms with Crippen LogP contribution in [0.4, 0.5) is 0 Å². The highest BCUT2D eigenvalue weighted by atomic mass is 16.5. The summed E-state index contributed by atoms with van der Waals surface area (Å²) in [6.45, 7) is 10.7. The minimum Gasteiger partial charge on any atom is -0.463 e. The van der Waals surface area contributed by atoms with E-state index in [2.05, 4.69) is 20.8 Å². The number of ether oxygens (including phenoxy) is 1. The Kier molecular flexibility index (Phi) is 5.03. The molecular formula is C15H28O2. The van der Waals surface area contributed by atoms with E-state index in [4.69, 9.17) is 4.74 Å². The zero-order valence-electron chi connectivity index (χ0n) is 12.1. The molecule has 0 aromatic carbocycles. The molecule has 0 N–H and O–H groups in total. The maximum Gasteiger partial charge on any atom is 0.309 e. The fourth-order valence-corrected chi connectivity index (χ4v) is 2.80. The molecule has 2 heteroatoms. The maximum atomic E-state index is 11.8. The number of hydrogen-bond donors (Lipinski definition) is 0. The van der Waals surface area contributed by atoms with E-state index in [9.17, 15) is 4.79 Å². The summed E-state index contributed by atoms with van der Waals surface area (Å²) in [6, 6.07) is 0. The van der Waals surface area contributed by atoms with E-state index in [0.29, 0.717) is 5.41 Å². The first-order valence-electron chi connectivity index (χ1n) is 6.98. The third-order valence-electron chi connectivity index (χ3n) is 3.43. The van der Waals surface area contributed by atoms with E-state index < -0.39 is 0 Å². The largest absolute Gasteiger partial charge is 0.463 e. The standard InChI is InChI=1S/C15H28O2/c1-11(2)17-14(16)13-8-6-12(7-9-13)10-15(3,4)5/h11-13H,6-10H2,1-5H3. The van der Waals surface area contributed by atoms with Crippen LogP contribution in [0.2, 0.25) is 0 Å². The summed E-state index contributed by atoms with van der Waals surface area (Å²) >= 11 is 0. The molecule has 0 heterocycles. The van der Waals surface area contributed by atoms with Gasteiger partial charge in [0.2, 0.25) is 0 Å². The van der Waals surface area contributed by atoms with Crippen molar-refractivity contribution in [2.75, 3.05) is 0 Å². The Labute approximate surface area is 106 Å². The van der Waals surface area contributed by atoms with Gasteiger partial charge in [0.25, 0.3) is 0 Å². The van der Waals surface area contributed by atoms with Crippen molar-refractivity contribution in [3.8, 4) is 0 Å². The third kappa shape index (κ3) is 5.56. The molecule has 1 fully saturated rings.